The number of carbonyl (C=O) groups is 1. The lowest BCUT2D eigenvalue weighted by molar-refractivity contribution is -0.121. The lowest BCUT2D eigenvalue weighted by atomic mass is 9.79. The van der Waals surface area contributed by atoms with Crippen LogP contribution in [0.3, 0.4) is 0 Å². The van der Waals surface area contributed by atoms with E-state index >= 15 is 0 Å². The number of carbonyl (C=O) groups excluding carboxylic acids is 1. The van der Waals surface area contributed by atoms with Gasteiger partial charge < -0.3 is 10.1 Å². The molecule has 2 aliphatic rings. The summed E-state index contributed by atoms with van der Waals surface area (Å²) >= 11 is 0. The van der Waals surface area contributed by atoms with Crippen molar-refractivity contribution < 1.29 is 9.53 Å². The molecule has 1 aliphatic heterocycles. The van der Waals surface area contributed by atoms with Gasteiger partial charge >= 0.3 is 0 Å². The molecular formula is C19H24N4O2. The summed E-state index contributed by atoms with van der Waals surface area (Å²) in [6.45, 7) is 1.55. The van der Waals surface area contributed by atoms with Crippen LogP contribution in [-0.4, -0.2) is 34.3 Å². The van der Waals surface area contributed by atoms with Crippen molar-refractivity contribution in [1.82, 2.24) is 15.2 Å². The Morgan fingerprint density at radius 1 is 1.32 bits per heavy atom. The number of aromatic amines is 1. The number of ether oxygens (including phenoxy) is 1. The van der Waals surface area contributed by atoms with Crippen molar-refractivity contribution in [3.05, 3.63) is 41.9 Å². The number of amides is 1. The molecule has 0 bridgehead atoms. The summed E-state index contributed by atoms with van der Waals surface area (Å²) in [5.74, 6) is 0.961. The van der Waals surface area contributed by atoms with Crippen molar-refractivity contribution in [2.45, 2.75) is 49.9 Å². The average molecular weight is 340 g/mol. The number of hydrogen-bond donors (Lipinski definition) is 2. The Balaban J connectivity index is 1.51. The highest BCUT2D eigenvalue weighted by Crippen LogP contribution is 2.41. The summed E-state index contributed by atoms with van der Waals surface area (Å²) in [4.78, 5) is 17.3. The summed E-state index contributed by atoms with van der Waals surface area (Å²) in [7, 11) is 0. The molecule has 1 saturated carbocycles. The SMILES string of the molecule is O=C(Nc1cc([C@@H]2CCCOC2)[nH]n1)C1(c2cccnc2)CCCC1. The number of aromatic nitrogens is 3. The molecule has 2 fully saturated rings. The van der Waals surface area contributed by atoms with Crippen LogP contribution in [0.2, 0.25) is 0 Å². The molecule has 2 aromatic rings. The number of nitrogens with one attached hydrogen (secondary N) is 2. The van der Waals surface area contributed by atoms with E-state index in [9.17, 15) is 4.79 Å². The molecule has 2 N–H and O–H groups in total. The Labute approximate surface area is 147 Å². The molecule has 0 spiro atoms. The van der Waals surface area contributed by atoms with Gasteiger partial charge in [0.05, 0.1) is 12.0 Å². The molecular weight excluding hydrogens is 316 g/mol. The molecule has 132 valence electrons. The first-order valence-electron chi connectivity index (χ1n) is 9.13. The van der Waals surface area contributed by atoms with Crippen molar-refractivity contribution in [2.75, 3.05) is 18.5 Å². The normalized spacial score (nSPS) is 22.6. The quantitative estimate of drug-likeness (QED) is 0.896. The van der Waals surface area contributed by atoms with Gasteiger partial charge in [0.15, 0.2) is 5.82 Å². The van der Waals surface area contributed by atoms with Crippen LogP contribution in [0.15, 0.2) is 30.6 Å². The van der Waals surface area contributed by atoms with Crippen molar-refractivity contribution >= 4 is 11.7 Å². The zero-order valence-electron chi connectivity index (χ0n) is 14.3. The highest BCUT2D eigenvalue weighted by Gasteiger charge is 2.43. The molecule has 1 amide bonds. The summed E-state index contributed by atoms with van der Waals surface area (Å²) in [5.41, 5.74) is 1.56. The maximum atomic E-state index is 13.1. The molecule has 2 aromatic heterocycles. The Bertz CT molecular complexity index is 716. The van der Waals surface area contributed by atoms with E-state index in [4.69, 9.17) is 4.74 Å². The number of pyridine rings is 1. The van der Waals surface area contributed by atoms with Gasteiger partial charge in [-0.2, -0.15) is 5.10 Å². The van der Waals surface area contributed by atoms with Crippen LogP contribution in [0.1, 0.15) is 55.7 Å². The Kier molecular flexibility index (Phi) is 4.53. The molecule has 0 aromatic carbocycles. The van der Waals surface area contributed by atoms with E-state index in [1.807, 2.05) is 24.4 Å². The molecule has 1 aliphatic carbocycles. The minimum atomic E-state index is -0.485. The number of H-pyrrole nitrogens is 1. The lowest BCUT2D eigenvalue weighted by Crippen LogP contribution is -2.38. The lowest BCUT2D eigenvalue weighted by Gasteiger charge is -2.27. The molecule has 6 nitrogen and oxygen atoms in total. The molecule has 4 rings (SSSR count). The van der Waals surface area contributed by atoms with Crippen molar-refractivity contribution in [3.8, 4) is 0 Å². The monoisotopic (exact) mass is 340 g/mol. The number of anilines is 1. The summed E-state index contributed by atoms with van der Waals surface area (Å²) in [6, 6.07) is 5.86. The van der Waals surface area contributed by atoms with Crippen LogP contribution in [-0.2, 0) is 14.9 Å². The molecule has 1 atom stereocenters. The van der Waals surface area contributed by atoms with Gasteiger partial charge in [-0.3, -0.25) is 14.9 Å². The van der Waals surface area contributed by atoms with Crippen LogP contribution < -0.4 is 5.32 Å². The molecule has 0 unspecified atom stereocenters. The fourth-order valence-electron chi connectivity index (χ4n) is 4.10. The fourth-order valence-corrected chi connectivity index (χ4v) is 4.10. The summed E-state index contributed by atoms with van der Waals surface area (Å²) in [6.07, 6.45) is 9.57. The van der Waals surface area contributed by atoms with Gasteiger partial charge in [0.1, 0.15) is 0 Å². The predicted octanol–water partition coefficient (Wildman–Crippen LogP) is 3.15. The van der Waals surface area contributed by atoms with Crippen molar-refractivity contribution in [2.24, 2.45) is 0 Å². The van der Waals surface area contributed by atoms with Gasteiger partial charge in [-0.15, -0.1) is 0 Å². The highest BCUT2D eigenvalue weighted by atomic mass is 16.5. The topological polar surface area (TPSA) is 79.9 Å². The largest absolute Gasteiger partial charge is 0.381 e. The van der Waals surface area contributed by atoms with Gasteiger partial charge in [0.2, 0.25) is 5.91 Å². The summed E-state index contributed by atoms with van der Waals surface area (Å²) < 4.78 is 5.54. The smallest absolute Gasteiger partial charge is 0.236 e. The third-order valence-electron chi connectivity index (χ3n) is 5.55. The molecule has 25 heavy (non-hydrogen) atoms. The van der Waals surface area contributed by atoms with E-state index in [0.29, 0.717) is 11.7 Å². The number of nitrogens with zero attached hydrogens (tertiary/aromatic N) is 2. The Morgan fingerprint density at radius 2 is 2.20 bits per heavy atom. The minimum absolute atomic E-state index is 0.0240. The van der Waals surface area contributed by atoms with Crippen LogP contribution in [0, 0.1) is 0 Å². The second kappa shape index (κ2) is 6.96. The van der Waals surface area contributed by atoms with Gasteiger partial charge in [0, 0.05) is 36.7 Å². The number of hydrogen-bond acceptors (Lipinski definition) is 4. The third kappa shape index (κ3) is 3.18. The Morgan fingerprint density at radius 3 is 2.92 bits per heavy atom. The van der Waals surface area contributed by atoms with Gasteiger partial charge in [0.25, 0.3) is 0 Å². The zero-order chi connectivity index (χ0) is 17.1. The molecule has 3 heterocycles. The van der Waals surface area contributed by atoms with Gasteiger partial charge in [-0.1, -0.05) is 18.9 Å². The van der Waals surface area contributed by atoms with Crippen LogP contribution in [0.25, 0.3) is 0 Å². The average Bonchev–Trinajstić information content (AvgIpc) is 3.34. The maximum Gasteiger partial charge on any atom is 0.236 e. The molecule has 6 heteroatoms. The van der Waals surface area contributed by atoms with E-state index < -0.39 is 5.41 Å². The van der Waals surface area contributed by atoms with E-state index in [1.54, 1.807) is 6.20 Å². The second-order valence-electron chi connectivity index (χ2n) is 7.11. The van der Waals surface area contributed by atoms with E-state index in [-0.39, 0.29) is 5.91 Å². The standard InChI is InChI=1S/C19H24N4O2/c24-18(19(7-1-2-8-19)15-6-3-9-20-12-15)21-17-11-16(22-23-17)14-5-4-10-25-13-14/h3,6,9,11-12,14H,1-2,4-5,7-8,10,13H2,(H2,21,22,23,24)/t14-/m1/s1. The first-order valence-corrected chi connectivity index (χ1v) is 9.13. The van der Waals surface area contributed by atoms with Gasteiger partial charge in [-0.25, -0.2) is 0 Å². The van der Waals surface area contributed by atoms with Crippen molar-refractivity contribution in [3.63, 3.8) is 0 Å². The highest BCUT2D eigenvalue weighted by molar-refractivity contribution is 5.98. The minimum Gasteiger partial charge on any atom is -0.381 e. The maximum absolute atomic E-state index is 13.1. The van der Waals surface area contributed by atoms with Crippen molar-refractivity contribution in [1.29, 1.82) is 0 Å². The molecule has 1 saturated heterocycles. The van der Waals surface area contributed by atoms with Crippen LogP contribution >= 0.6 is 0 Å². The summed E-state index contributed by atoms with van der Waals surface area (Å²) in [5, 5.41) is 10.4. The second-order valence-corrected chi connectivity index (χ2v) is 7.11. The van der Waals surface area contributed by atoms with Crippen LogP contribution in [0.4, 0.5) is 5.82 Å². The number of rotatable bonds is 4. The van der Waals surface area contributed by atoms with E-state index in [2.05, 4.69) is 20.5 Å². The first kappa shape index (κ1) is 16.3. The van der Waals surface area contributed by atoms with E-state index in [1.165, 1.54) is 0 Å². The molecule has 0 radical (unpaired) electrons. The van der Waals surface area contributed by atoms with Crippen LogP contribution in [0.5, 0.6) is 0 Å². The van der Waals surface area contributed by atoms with Gasteiger partial charge in [-0.05, 0) is 37.3 Å². The third-order valence-corrected chi connectivity index (χ3v) is 5.55. The first-order chi connectivity index (χ1) is 12.3. The van der Waals surface area contributed by atoms with E-state index in [0.717, 1.165) is 63.0 Å². The predicted molar refractivity (Wildman–Crippen MR) is 94.4 cm³/mol. The fraction of sp³-hybridized carbons (Fsp3) is 0.526. The zero-order valence-corrected chi connectivity index (χ0v) is 14.3. The Hall–Kier alpha value is -2.21.